The maximum atomic E-state index is 14.0. The molecule has 3 N–H and O–H groups in total. The number of amides is 1. The lowest BCUT2D eigenvalue weighted by Crippen LogP contribution is -2.51. The van der Waals surface area contributed by atoms with Crippen LogP contribution in [-0.2, 0) is 4.79 Å². The first-order chi connectivity index (χ1) is 13.0. The topological polar surface area (TPSA) is 110 Å². The molecule has 1 aromatic carbocycles. The summed E-state index contributed by atoms with van der Waals surface area (Å²) in [5.41, 5.74) is -0.555. The van der Waals surface area contributed by atoms with Crippen molar-refractivity contribution in [1.29, 1.82) is 5.26 Å². The van der Waals surface area contributed by atoms with E-state index in [1.165, 1.54) is 10.7 Å². The highest BCUT2D eigenvalue weighted by atomic mass is 32.2. The Balaban J connectivity index is 1.71. The van der Waals surface area contributed by atoms with Gasteiger partial charge in [-0.2, -0.15) is 5.26 Å². The predicted molar refractivity (Wildman–Crippen MR) is 100 cm³/mol. The standard InChI is InChI=1S/C18H21FN6OS/c1-12(16(26)22-18(11-20)9-5-2-6-10-18)27-17-24-23-15(25(17)21)13-7-3-4-8-14(13)19/h3-4,7-8,12H,2,5-6,9-10,21H2,1H3,(H,22,26). The second-order valence-electron chi connectivity index (χ2n) is 6.66. The molecule has 9 heteroatoms. The van der Waals surface area contributed by atoms with E-state index in [1.54, 1.807) is 25.1 Å². The van der Waals surface area contributed by atoms with Gasteiger partial charge in [-0.05, 0) is 31.9 Å². The van der Waals surface area contributed by atoms with Crippen LogP contribution in [0.25, 0.3) is 11.4 Å². The van der Waals surface area contributed by atoms with E-state index in [0.29, 0.717) is 18.0 Å². The van der Waals surface area contributed by atoms with Gasteiger partial charge in [0.2, 0.25) is 11.1 Å². The Morgan fingerprint density at radius 2 is 2.07 bits per heavy atom. The molecule has 0 spiro atoms. The Labute approximate surface area is 161 Å². The van der Waals surface area contributed by atoms with E-state index < -0.39 is 16.6 Å². The highest BCUT2D eigenvalue weighted by molar-refractivity contribution is 8.00. The monoisotopic (exact) mass is 388 g/mol. The Bertz CT molecular complexity index is 871. The average Bonchev–Trinajstić information content (AvgIpc) is 3.03. The molecular weight excluding hydrogens is 367 g/mol. The van der Waals surface area contributed by atoms with Crippen LogP contribution in [0.4, 0.5) is 4.39 Å². The molecule has 1 heterocycles. The predicted octanol–water partition coefficient (Wildman–Crippen LogP) is 2.62. The SMILES string of the molecule is CC(Sc1nnc(-c2ccccc2F)n1N)C(=O)NC1(C#N)CCCCC1. The molecule has 1 atom stereocenters. The minimum Gasteiger partial charge on any atom is -0.337 e. The van der Waals surface area contributed by atoms with Gasteiger partial charge in [-0.25, -0.2) is 9.07 Å². The van der Waals surface area contributed by atoms with Gasteiger partial charge in [0.25, 0.3) is 0 Å². The normalized spacial score (nSPS) is 17.1. The fourth-order valence-corrected chi connectivity index (χ4v) is 3.92. The molecule has 7 nitrogen and oxygen atoms in total. The van der Waals surface area contributed by atoms with Crippen LogP contribution in [0.2, 0.25) is 0 Å². The molecule has 1 aliphatic rings. The van der Waals surface area contributed by atoms with E-state index in [-0.39, 0.29) is 17.3 Å². The molecule has 2 aromatic rings. The quantitative estimate of drug-likeness (QED) is 0.602. The van der Waals surface area contributed by atoms with Crippen molar-refractivity contribution in [3.05, 3.63) is 30.1 Å². The zero-order valence-corrected chi connectivity index (χ0v) is 15.8. The number of benzene rings is 1. The lowest BCUT2D eigenvalue weighted by molar-refractivity contribution is -0.121. The van der Waals surface area contributed by atoms with Crippen LogP contribution in [0.15, 0.2) is 29.4 Å². The molecule has 1 saturated carbocycles. The van der Waals surface area contributed by atoms with Gasteiger partial charge in [-0.3, -0.25) is 4.79 Å². The minimum absolute atomic E-state index is 0.184. The maximum absolute atomic E-state index is 14.0. The van der Waals surface area contributed by atoms with Gasteiger partial charge in [0, 0.05) is 0 Å². The fourth-order valence-electron chi connectivity index (χ4n) is 3.15. The van der Waals surface area contributed by atoms with Crippen molar-refractivity contribution < 1.29 is 9.18 Å². The van der Waals surface area contributed by atoms with Crippen LogP contribution in [0.3, 0.4) is 0 Å². The molecule has 0 bridgehead atoms. The van der Waals surface area contributed by atoms with Crippen molar-refractivity contribution in [2.45, 2.75) is 55.0 Å². The molecule has 1 aromatic heterocycles. The third-order valence-electron chi connectivity index (χ3n) is 4.71. The highest BCUT2D eigenvalue weighted by Crippen LogP contribution is 2.30. The summed E-state index contributed by atoms with van der Waals surface area (Å²) in [4.78, 5) is 12.6. The lowest BCUT2D eigenvalue weighted by atomic mass is 9.83. The molecule has 0 radical (unpaired) electrons. The molecule has 1 unspecified atom stereocenters. The summed E-state index contributed by atoms with van der Waals surface area (Å²) in [6, 6.07) is 8.41. The van der Waals surface area contributed by atoms with Crippen molar-refractivity contribution >= 4 is 17.7 Å². The Morgan fingerprint density at radius 1 is 1.37 bits per heavy atom. The minimum atomic E-state index is -0.793. The van der Waals surface area contributed by atoms with E-state index in [1.807, 2.05) is 0 Å². The third kappa shape index (κ3) is 4.06. The lowest BCUT2D eigenvalue weighted by Gasteiger charge is -2.32. The Kier molecular flexibility index (Phi) is 5.65. The highest BCUT2D eigenvalue weighted by Gasteiger charge is 2.35. The van der Waals surface area contributed by atoms with Crippen molar-refractivity contribution in [3.8, 4) is 17.5 Å². The Morgan fingerprint density at radius 3 is 2.74 bits per heavy atom. The van der Waals surface area contributed by atoms with Crippen molar-refractivity contribution in [3.63, 3.8) is 0 Å². The smallest absolute Gasteiger partial charge is 0.234 e. The molecule has 142 valence electrons. The van der Waals surface area contributed by atoms with Crippen LogP contribution in [0.1, 0.15) is 39.0 Å². The summed E-state index contributed by atoms with van der Waals surface area (Å²) >= 11 is 1.12. The Hall–Kier alpha value is -2.60. The fraction of sp³-hybridized carbons (Fsp3) is 0.444. The number of thioether (sulfide) groups is 1. The molecular formula is C18H21FN6OS. The number of rotatable bonds is 5. The van der Waals surface area contributed by atoms with Gasteiger partial charge in [0.15, 0.2) is 5.82 Å². The summed E-state index contributed by atoms with van der Waals surface area (Å²) in [6.45, 7) is 1.71. The molecule has 3 rings (SSSR count). The zero-order valence-electron chi connectivity index (χ0n) is 15.0. The van der Waals surface area contributed by atoms with E-state index in [2.05, 4.69) is 21.6 Å². The first-order valence-corrected chi connectivity index (χ1v) is 9.69. The molecule has 0 saturated heterocycles. The molecule has 0 aliphatic heterocycles. The maximum Gasteiger partial charge on any atom is 0.234 e. The van der Waals surface area contributed by atoms with Crippen molar-refractivity contribution in [2.75, 3.05) is 5.84 Å². The van der Waals surface area contributed by atoms with Gasteiger partial charge < -0.3 is 11.2 Å². The van der Waals surface area contributed by atoms with E-state index in [0.717, 1.165) is 31.0 Å². The number of halogens is 1. The second kappa shape index (κ2) is 7.96. The number of hydrogen-bond acceptors (Lipinski definition) is 6. The summed E-state index contributed by atoms with van der Waals surface area (Å²) in [5, 5.41) is 20.1. The van der Waals surface area contributed by atoms with E-state index in [4.69, 9.17) is 5.84 Å². The summed E-state index contributed by atoms with van der Waals surface area (Å²) < 4.78 is 15.1. The number of nitrogens with two attached hydrogens (primary N) is 1. The third-order valence-corrected chi connectivity index (χ3v) is 5.77. The van der Waals surface area contributed by atoms with Crippen LogP contribution < -0.4 is 11.2 Å². The number of hydrogen-bond donors (Lipinski definition) is 2. The number of nitrogen functional groups attached to an aromatic ring is 1. The van der Waals surface area contributed by atoms with Crippen LogP contribution in [0, 0.1) is 17.1 Å². The summed E-state index contributed by atoms with van der Waals surface area (Å²) in [7, 11) is 0. The first-order valence-electron chi connectivity index (χ1n) is 8.81. The van der Waals surface area contributed by atoms with Crippen molar-refractivity contribution in [2.24, 2.45) is 0 Å². The number of carbonyl (C=O) groups is 1. The van der Waals surface area contributed by atoms with Gasteiger partial charge in [-0.1, -0.05) is 43.2 Å². The summed E-state index contributed by atoms with van der Waals surface area (Å²) in [5.74, 6) is 5.49. The number of nitrogens with zero attached hydrogens (tertiary/aromatic N) is 4. The van der Waals surface area contributed by atoms with Crippen LogP contribution >= 0.6 is 11.8 Å². The molecule has 27 heavy (non-hydrogen) atoms. The van der Waals surface area contributed by atoms with Crippen LogP contribution in [0.5, 0.6) is 0 Å². The summed E-state index contributed by atoms with van der Waals surface area (Å²) in [6.07, 6.45) is 4.27. The molecule has 1 aliphatic carbocycles. The number of aromatic nitrogens is 3. The second-order valence-corrected chi connectivity index (χ2v) is 7.97. The number of nitriles is 1. The number of carbonyl (C=O) groups excluding carboxylic acids is 1. The number of nitrogens with one attached hydrogen (secondary N) is 1. The van der Waals surface area contributed by atoms with E-state index >= 15 is 0 Å². The van der Waals surface area contributed by atoms with Gasteiger partial charge >= 0.3 is 0 Å². The molecule has 1 fully saturated rings. The average molecular weight is 388 g/mol. The van der Waals surface area contributed by atoms with Crippen LogP contribution in [-0.4, -0.2) is 31.6 Å². The molecule has 1 amide bonds. The van der Waals surface area contributed by atoms with Gasteiger partial charge in [-0.15, -0.1) is 10.2 Å². The van der Waals surface area contributed by atoms with Crippen molar-refractivity contribution in [1.82, 2.24) is 20.2 Å². The first kappa shape index (κ1) is 19.2. The zero-order chi connectivity index (χ0) is 19.4. The van der Waals surface area contributed by atoms with Gasteiger partial charge in [0.1, 0.15) is 11.4 Å². The largest absolute Gasteiger partial charge is 0.337 e. The van der Waals surface area contributed by atoms with Gasteiger partial charge in [0.05, 0.1) is 16.9 Å². The van der Waals surface area contributed by atoms with E-state index in [9.17, 15) is 14.4 Å².